The molecule has 0 aliphatic carbocycles. The quantitative estimate of drug-likeness (QED) is 0.578. The van der Waals surface area contributed by atoms with Gasteiger partial charge < -0.3 is 4.74 Å². The summed E-state index contributed by atoms with van der Waals surface area (Å²) in [5, 5.41) is 4.51. The van der Waals surface area contributed by atoms with Crippen LogP contribution in [0.25, 0.3) is 0 Å². The lowest BCUT2D eigenvalue weighted by molar-refractivity contribution is -0.746. The Labute approximate surface area is 86.5 Å². The molecule has 1 aromatic rings. The van der Waals surface area contributed by atoms with E-state index in [9.17, 15) is 4.79 Å². The SMILES string of the molecule is C[n+]1[nH]oc(=O)c1CNN1CCOCC1. The predicted molar refractivity (Wildman–Crippen MR) is 49.7 cm³/mol. The third-order valence-electron chi connectivity index (χ3n) is 2.40. The summed E-state index contributed by atoms with van der Waals surface area (Å²) in [6, 6.07) is 0. The highest BCUT2D eigenvalue weighted by Crippen LogP contribution is 1.92. The zero-order chi connectivity index (χ0) is 10.7. The number of nitrogens with one attached hydrogen (secondary N) is 2. The number of hydrazine groups is 1. The van der Waals surface area contributed by atoms with Crippen LogP contribution in [0.3, 0.4) is 0 Å². The Morgan fingerprint density at radius 1 is 1.53 bits per heavy atom. The predicted octanol–water partition coefficient (Wildman–Crippen LogP) is -1.87. The van der Waals surface area contributed by atoms with Gasteiger partial charge in [0.15, 0.2) is 7.05 Å². The van der Waals surface area contributed by atoms with Gasteiger partial charge in [0, 0.05) is 13.1 Å². The molecule has 2 heterocycles. The maximum Gasteiger partial charge on any atom is 0.431 e. The van der Waals surface area contributed by atoms with Crippen LogP contribution in [0, 0.1) is 0 Å². The first kappa shape index (κ1) is 10.3. The first-order valence-corrected chi connectivity index (χ1v) is 4.90. The highest BCUT2D eigenvalue weighted by Gasteiger charge is 2.18. The average Bonchev–Trinajstić information content (AvgIpc) is 2.58. The average molecular weight is 215 g/mol. The van der Waals surface area contributed by atoms with Crippen molar-refractivity contribution in [1.29, 1.82) is 0 Å². The molecular formula is C8H15N4O3+. The van der Waals surface area contributed by atoms with Gasteiger partial charge >= 0.3 is 11.3 Å². The number of morpholine rings is 1. The van der Waals surface area contributed by atoms with Crippen molar-refractivity contribution in [3.8, 4) is 0 Å². The summed E-state index contributed by atoms with van der Waals surface area (Å²) in [6.45, 7) is 3.57. The zero-order valence-electron chi connectivity index (χ0n) is 8.65. The van der Waals surface area contributed by atoms with Gasteiger partial charge in [-0.1, -0.05) is 4.68 Å². The van der Waals surface area contributed by atoms with Gasteiger partial charge in [-0.25, -0.2) is 15.2 Å². The van der Waals surface area contributed by atoms with Crippen molar-refractivity contribution >= 4 is 0 Å². The van der Waals surface area contributed by atoms with Gasteiger partial charge in [0.25, 0.3) is 0 Å². The number of H-pyrrole nitrogens is 1. The molecule has 1 fully saturated rings. The first-order valence-electron chi connectivity index (χ1n) is 4.90. The van der Waals surface area contributed by atoms with E-state index in [4.69, 9.17) is 4.74 Å². The number of aryl methyl sites for hydroxylation is 1. The topological polar surface area (TPSA) is 74.4 Å². The third-order valence-corrected chi connectivity index (χ3v) is 2.40. The van der Waals surface area contributed by atoms with Gasteiger partial charge in [0.1, 0.15) is 6.54 Å². The smallest absolute Gasteiger partial charge is 0.379 e. The molecule has 84 valence electrons. The fourth-order valence-electron chi connectivity index (χ4n) is 1.46. The van der Waals surface area contributed by atoms with Crippen LogP contribution in [-0.4, -0.2) is 36.6 Å². The Hall–Kier alpha value is -1.18. The summed E-state index contributed by atoms with van der Waals surface area (Å²) in [7, 11) is 1.74. The summed E-state index contributed by atoms with van der Waals surface area (Å²) in [5.74, 6) is 0. The van der Waals surface area contributed by atoms with E-state index in [1.165, 1.54) is 0 Å². The second-order valence-corrected chi connectivity index (χ2v) is 3.42. The van der Waals surface area contributed by atoms with Crippen LogP contribution < -0.4 is 15.7 Å². The molecule has 2 N–H and O–H groups in total. The minimum absolute atomic E-state index is 0.335. The van der Waals surface area contributed by atoms with Crippen LogP contribution in [0.4, 0.5) is 0 Å². The summed E-state index contributed by atoms with van der Waals surface area (Å²) >= 11 is 0. The van der Waals surface area contributed by atoms with E-state index < -0.39 is 0 Å². The van der Waals surface area contributed by atoms with Gasteiger partial charge in [-0.2, -0.15) is 0 Å². The minimum atomic E-state index is -0.335. The lowest BCUT2D eigenvalue weighted by Gasteiger charge is -2.26. The van der Waals surface area contributed by atoms with E-state index in [1.54, 1.807) is 11.7 Å². The molecular weight excluding hydrogens is 200 g/mol. The molecule has 1 aliphatic heterocycles. The van der Waals surface area contributed by atoms with E-state index in [0.717, 1.165) is 26.3 Å². The largest absolute Gasteiger partial charge is 0.431 e. The number of hydrogen-bond acceptors (Lipinski definition) is 5. The van der Waals surface area contributed by atoms with E-state index in [2.05, 4.69) is 15.2 Å². The van der Waals surface area contributed by atoms with Gasteiger partial charge in [-0.3, -0.25) is 4.52 Å². The number of hydrogen-bond donors (Lipinski definition) is 2. The molecule has 0 saturated carbocycles. The van der Waals surface area contributed by atoms with E-state index in [1.807, 2.05) is 5.01 Å². The molecule has 15 heavy (non-hydrogen) atoms. The first-order chi connectivity index (χ1) is 7.27. The number of rotatable bonds is 3. The molecule has 7 heteroatoms. The molecule has 0 atom stereocenters. The maximum absolute atomic E-state index is 11.2. The fourth-order valence-corrected chi connectivity index (χ4v) is 1.46. The molecule has 1 aliphatic rings. The van der Waals surface area contributed by atoms with Crippen LogP contribution in [-0.2, 0) is 18.3 Å². The van der Waals surface area contributed by atoms with E-state index in [-0.39, 0.29) is 5.63 Å². The van der Waals surface area contributed by atoms with Crippen molar-refractivity contribution in [3.05, 3.63) is 16.1 Å². The van der Waals surface area contributed by atoms with Crippen molar-refractivity contribution < 1.29 is 13.9 Å². The standard InChI is InChI=1S/C8H14N4O3/c1-11-7(8(13)15-10-11)6-9-12-2-4-14-5-3-12/h9H,2-6H2,1H3/p+1. The van der Waals surface area contributed by atoms with Gasteiger partial charge in [-0.05, 0) is 5.27 Å². The van der Waals surface area contributed by atoms with Crippen LogP contribution in [0.5, 0.6) is 0 Å². The molecule has 0 bridgehead atoms. The minimum Gasteiger partial charge on any atom is -0.379 e. The summed E-state index contributed by atoms with van der Waals surface area (Å²) in [5.41, 5.74) is 3.39. The molecule has 0 amide bonds. The van der Waals surface area contributed by atoms with Crippen molar-refractivity contribution in [3.63, 3.8) is 0 Å². The van der Waals surface area contributed by atoms with Crippen LogP contribution >= 0.6 is 0 Å². The number of aromatic nitrogens is 2. The highest BCUT2D eigenvalue weighted by atomic mass is 16.5. The Kier molecular flexibility index (Phi) is 3.14. The summed E-state index contributed by atoms with van der Waals surface area (Å²) < 4.78 is 11.4. The lowest BCUT2D eigenvalue weighted by Crippen LogP contribution is -2.48. The van der Waals surface area contributed by atoms with Crippen molar-refractivity contribution in [2.24, 2.45) is 7.05 Å². The zero-order valence-corrected chi connectivity index (χ0v) is 8.65. The van der Waals surface area contributed by atoms with Gasteiger partial charge in [0.2, 0.25) is 0 Å². The normalized spacial score (nSPS) is 18.2. The Balaban J connectivity index is 1.89. The molecule has 0 aromatic carbocycles. The Morgan fingerprint density at radius 2 is 2.27 bits per heavy atom. The van der Waals surface area contributed by atoms with E-state index >= 15 is 0 Å². The molecule has 1 aromatic heterocycles. The third kappa shape index (κ3) is 2.44. The lowest BCUT2D eigenvalue weighted by atomic mass is 10.4. The second kappa shape index (κ2) is 4.56. The van der Waals surface area contributed by atoms with Gasteiger partial charge in [-0.15, -0.1) is 0 Å². The fraction of sp³-hybridized carbons (Fsp3) is 0.750. The number of nitrogens with zero attached hydrogens (tertiary/aromatic N) is 2. The maximum atomic E-state index is 11.2. The van der Waals surface area contributed by atoms with E-state index in [0.29, 0.717) is 12.2 Å². The van der Waals surface area contributed by atoms with Crippen molar-refractivity contribution in [2.75, 3.05) is 26.3 Å². The summed E-state index contributed by atoms with van der Waals surface area (Å²) in [4.78, 5) is 11.2. The van der Waals surface area contributed by atoms with Gasteiger partial charge in [0.05, 0.1) is 13.2 Å². The number of ether oxygens (including phenoxy) is 1. The molecule has 7 nitrogen and oxygen atoms in total. The van der Waals surface area contributed by atoms with Crippen LogP contribution in [0.2, 0.25) is 0 Å². The van der Waals surface area contributed by atoms with Crippen molar-refractivity contribution in [1.82, 2.24) is 15.7 Å². The molecule has 0 spiro atoms. The molecule has 0 unspecified atom stereocenters. The van der Waals surface area contributed by atoms with Crippen LogP contribution in [0.1, 0.15) is 5.69 Å². The molecule has 1 saturated heterocycles. The highest BCUT2D eigenvalue weighted by molar-refractivity contribution is 4.81. The summed E-state index contributed by atoms with van der Waals surface area (Å²) in [6.07, 6.45) is 0. The monoisotopic (exact) mass is 215 g/mol. The van der Waals surface area contributed by atoms with Crippen molar-refractivity contribution in [2.45, 2.75) is 6.54 Å². The number of aromatic amines is 1. The molecule has 2 rings (SSSR count). The Bertz CT molecular complexity index is 366. The Morgan fingerprint density at radius 3 is 2.87 bits per heavy atom. The second-order valence-electron chi connectivity index (χ2n) is 3.42. The molecule has 0 radical (unpaired) electrons. The van der Waals surface area contributed by atoms with Crippen LogP contribution in [0.15, 0.2) is 9.32 Å².